The summed E-state index contributed by atoms with van der Waals surface area (Å²) in [5, 5.41) is 3.05. The van der Waals surface area contributed by atoms with Gasteiger partial charge in [-0.15, -0.1) is 11.6 Å². The molecule has 1 unspecified atom stereocenters. The fraction of sp³-hybridized carbons (Fsp3) is 1.00. The first-order chi connectivity index (χ1) is 5.50. The quantitative estimate of drug-likeness (QED) is 0.529. The van der Waals surface area contributed by atoms with Crippen molar-refractivity contribution in [3.8, 4) is 0 Å². The normalized spacial score (nSPS) is 14.6. The molecule has 0 aromatic carbocycles. The summed E-state index contributed by atoms with van der Waals surface area (Å²) in [6.45, 7) is 5.08. The van der Waals surface area contributed by atoms with Gasteiger partial charge in [0.1, 0.15) is 4.71 Å². The van der Waals surface area contributed by atoms with Crippen molar-refractivity contribution in [2.75, 3.05) is 18.8 Å². The van der Waals surface area contributed by atoms with E-state index in [1.807, 2.05) is 6.92 Å². The summed E-state index contributed by atoms with van der Waals surface area (Å²) in [5.74, 6) is 0.171. The molecule has 0 aromatic rings. The Morgan fingerprint density at radius 3 is 2.50 bits per heavy atom. The second kappa shape index (κ2) is 5.78. The van der Waals surface area contributed by atoms with E-state index in [2.05, 4.69) is 5.32 Å². The molecule has 0 heterocycles. The number of alkyl halides is 1. The lowest BCUT2D eigenvalue weighted by molar-refractivity contribution is 0.588. The summed E-state index contributed by atoms with van der Waals surface area (Å²) in [7, 11) is -3.05. The fourth-order valence-corrected chi connectivity index (χ4v) is 1.88. The maximum absolute atomic E-state index is 11.1. The summed E-state index contributed by atoms with van der Waals surface area (Å²) < 4.78 is 21.5. The van der Waals surface area contributed by atoms with Crippen molar-refractivity contribution >= 4 is 21.4 Å². The third-order valence-electron chi connectivity index (χ3n) is 1.53. The maximum Gasteiger partial charge on any atom is 0.166 e. The second-order valence-corrected chi connectivity index (χ2v) is 5.97. The average molecular weight is 214 g/mol. The fourth-order valence-electron chi connectivity index (χ4n) is 0.738. The number of hydrogen-bond donors (Lipinski definition) is 1. The topological polar surface area (TPSA) is 46.2 Å². The molecule has 74 valence electrons. The molecule has 0 rings (SSSR count). The van der Waals surface area contributed by atoms with E-state index in [1.165, 1.54) is 6.92 Å². The molecule has 0 aliphatic carbocycles. The monoisotopic (exact) mass is 213 g/mol. The molecule has 0 aliphatic heterocycles. The van der Waals surface area contributed by atoms with Crippen LogP contribution in [0.15, 0.2) is 0 Å². The van der Waals surface area contributed by atoms with Gasteiger partial charge in [0.2, 0.25) is 0 Å². The van der Waals surface area contributed by atoms with Crippen LogP contribution in [0.3, 0.4) is 0 Å². The standard InChI is InChI=1S/C7H16ClNO2S/c1-3-9-5-4-6-12(10,11)7(2)8/h7,9H,3-6H2,1-2H3. The molecule has 3 nitrogen and oxygen atoms in total. The Morgan fingerprint density at radius 1 is 1.50 bits per heavy atom. The predicted molar refractivity (Wildman–Crippen MR) is 52.3 cm³/mol. The molecule has 0 fully saturated rings. The molecular weight excluding hydrogens is 198 g/mol. The highest BCUT2D eigenvalue weighted by Crippen LogP contribution is 2.06. The minimum absolute atomic E-state index is 0.171. The average Bonchev–Trinajstić information content (AvgIpc) is 1.98. The van der Waals surface area contributed by atoms with Gasteiger partial charge in [-0.05, 0) is 26.4 Å². The molecule has 0 saturated carbocycles. The molecule has 5 heteroatoms. The lowest BCUT2D eigenvalue weighted by Crippen LogP contribution is -2.21. The van der Waals surface area contributed by atoms with Gasteiger partial charge in [-0.25, -0.2) is 8.42 Å². The summed E-state index contributed by atoms with van der Waals surface area (Å²) in [6, 6.07) is 0. The van der Waals surface area contributed by atoms with Crippen molar-refractivity contribution in [2.24, 2.45) is 0 Å². The van der Waals surface area contributed by atoms with Crippen molar-refractivity contribution in [1.29, 1.82) is 0 Å². The van der Waals surface area contributed by atoms with Gasteiger partial charge in [-0.1, -0.05) is 6.92 Å². The Morgan fingerprint density at radius 2 is 2.08 bits per heavy atom. The third kappa shape index (κ3) is 4.95. The Hall–Kier alpha value is 0.200. The van der Waals surface area contributed by atoms with Crippen LogP contribution < -0.4 is 5.32 Å². The van der Waals surface area contributed by atoms with Crippen molar-refractivity contribution in [3.05, 3.63) is 0 Å². The van der Waals surface area contributed by atoms with Crippen molar-refractivity contribution in [2.45, 2.75) is 25.0 Å². The van der Waals surface area contributed by atoms with Crippen LogP contribution in [0.4, 0.5) is 0 Å². The van der Waals surface area contributed by atoms with Gasteiger partial charge in [0.05, 0.1) is 5.75 Å². The first kappa shape index (κ1) is 12.2. The number of nitrogens with one attached hydrogen (secondary N) is 1. The molecule has 0 aromatic heterocycles. The van der Waals surface area contributed by atoms with E-state index < -0.39 is 14.5 Å². The summed E-state index contributed by atoms with van der Waals surface area (Å²) in [6.07, 6.45) is 0.632. The Bertz CT molecular complexity index is 201. The highest BCUT2D eigenvalue weighted by atomic mass is 35.5. The Balaban J connectivity index is 3.63. The lowest BCUT2D eigenvalue weighted by Gasteiger charge is -2.05. The summed E-state index contributed by atoms with van der Waals surface area (Å²) in [5.41, 5.74) is 0. The van der Waals surface area contributed by atoms with Crippen LogP contribution in [0, 0.1) is 0 Å². The molecular formula is C7H16ClNO2S. The number of hydrogen-bond acceptors (Lipinski definition) is 3. The van der Waals surface area contributed by atoms with Crippen LogP contribution in [0.2, 0.25) is 0 Å². The highest BCUT2D eigenvalue weighted by molar-refractivity contribution is 7.93. The molecule has 12 heavy (non-hydrogen) atoms. The zero-order valence-electron chi connectivity index (χ0n) is 7.51. The van der Waals surface area contributed by atoms with E-state index >= 15 is 0 Å². The van der Waals surface area contributed by atoms with Gasteiger partial charge in [-0.2, -0.15) is 0 Å². The first-order valence-electron chi connectivity index (χ1n) is 4.07. The van der Waals surface area contributed by atoms with Gasteiger partial charge >= 0.3 is 0 Å². The minimum Gasteiger partial charge on any atom is -0.317 e. The molecule has 0 spiro atoms. The molecule has 0 radical (unpaired) electrons. The van der Waals surface area contributed by atoms with Crippen LogP contribution in [-0.4, -0.2) is 32.0 Å². The van der Waals surface area contributed by atoms with E-state index in [-0.39, 0.29) is 5.75 Å². The Labute approximate surface area is 79.4 Å². The van der Waals surface area contributed by atoms with Crippen LogP contribution in [-0.2, 0) is 9.84 Å². The number of sulfone groups is 1. The number of rotatable bonds is 6. The van der Waals surface area contributed by atoms with E-state index in [9.17, 15) is 8.42 Å². The molecule has 0 saturated heterocycles. The predicted octanol–water partition coefficient (Wildman–Crippen LogP) is 0.986. The van der Waals surface area contributed by atoms with E-state index in [4.69, 9.17) is 11.6 Å². The Kier molecular flexibility index (Phi) is 5.88. The number of halogens is 1. The van der Waals surface area contributed by atoms with Crippen LogP contribution in [0.1, 0.15) is 20.3 Å². The zero-order valence-corrected chi connectivity index (χ0v) is 9.08. The smallest absolute Gasteiger partial charge is 0.166 e. The largest absolute Gasteiger partial charge is 0.317 e. The maximum atomic E-state index is 11.1. The van der Waals surface area contributed by atoms with Crippen molar-refractivity contribution in [3.63, 3.8) is 0 Å². The first-order valence-corrected chi connectivity index (χ1v) is 6.22. The van der Waals surface area contributed by atoms with Crippen LogP contribution >= 0.6 is 11.6 Å². The van der Waals surface area contributed by atoms with Gasteiger partial charge in [0.25, 0.3) is 0 Å². The van der Waals surface area contributed by atoms with E-state index in [1.54, 1.807) is 0 Å². The van der Waals surface area contributed by atoms with Gasteiger partial charge < -0.3 is 5.32 Å². The molecule has 0 aliphatic rings. The zero-order chi connectivity index (χ0) is 9.61. The SMILES string of the molecule is CCNCCCS(=O)(=O)C(C)Cl. The second-order valence-electron chi connectivity index (χ2n) is 2.62. The summed E-state index contributed by atoms with van der Waals surface area (Å²) >= 11 is 5.47. The summed E-state index contributed by atoms with van der Waals surface area (Å²) in [4.78, 5) is 0. The van der Waals surface area contributed by atoms with Crippen molar-refractivity contribution in [1.82, 2.24) is 5.32 Å². The van der Waals surface area contributed by atoms with E-state index in [0.717, 1.165) is 13.1 Å². The van der Waals surface area contributed by atoms with E-state index in [0.29, 0.717) is 6.42 Å². The highest BCUT2D eigenvalue weighted by Gasteiger charge is 2.16. The van der Waals surface area contributed by atoms with Gasteiger partial charge in [0, 0.05) is 0 Å². The molecule has 1 atom stereocenters. The third-order valence-corrected chi connectivity index (χ3v) is 4.19. The molecule has 0 bridgehead atoms. The van der Waals surface area contributed by atoms with Crippen LogP contribution in [0.25, 0.3) is 0 Å². The van der Waals surface area contributed by atoms with Crippen molar-refractivity contribution < 1.29 is 8.42 Å². The van der Waals surface area contributed by atoms with Crippen LogP contribution in [0.5, 0.6) is 0 Å². The molecule has 1 N–H and O–H groups in total. The lowest BCUT2D eigenvalue weighted by atomic mass is 10.5. The van der Waals surface area contributed by atoms with Gasteiger partial charge in [0.15, 0.2) is 9.84 Å². The molecule has 0 amide bonds. The minimum atomic E-state index is -3.05. The van der Waals surface area contributed by atoms with Gasteiger partial charge in [-0.3, -0.25) is 0 Å².